The van der Waals surface area contributed by atoms with Gasteiger partial charge in [-0.3, -0.25) is 4.79 Å². The fourth-order valence-corrected chi connectivity index (χ4v) is 3.02. The van der Waals surface area contributed by atoms with Crippen LogP contribution in [0.3, 0.4) is 0 Å². The number of ketones is 2. The molecule has 0 spiro atoms. The van der Waals surface area contributed by atoms with E-state index in [9.17, 15) is 9.59 Å². The number of benzene rings is 2. The second-order valence-electron chi connectivity index (χ2n) is 8.88. The van der Waals surface area contributed by atoms with E-state index in [4.69, 9.17) is 15.1 Å². The Morgan fingerprint density at radius 2 is 1.07 bits per heavy atom. The molecular weight excluding hydrogens is 655 g/mol. The summed E-state index contributed by atoms with van der Waals surface area (Å²) in [7, 11) is 0.833. The summed E-state index contributed by atoms with van der Waals surface area (Å²) < 4.78 is 8.19. The van der Waals surface area contributed by atoms with E-state index < -0.39 is 7.12 Å². The van der Waals surface area contributed by atoms with Crippen LogP contribution in [0.1, 0.15) is 48.2 Å². The third-order valence-electron chi connectivity index (χ3n) is 5.09. The molecule has 2 aromatic carbocycles. The number of carbonyl (C=O) groups is 2. The molecule has 0 amide bonds. The van der Waals surface area contributed by atoms with Gasteiger partial charge in [0, 0.05) is 48.1 Å². The second kappa shape index (κ2) is 33.5. The number of aromatic nitrogens is 2. The van der Waals surface area contributed by atoms with Crippen molar-refractivity contribution in [2.24, 2.45) is 0 Å². The molecule has 0 bridgehead atoms. The zero-order chi connectivity index (χ0) is 34.3. The molecule has 46 heavy (non-hydrogen) atoms. The predicted octanol–water partition coefficient (Wildman–Crippen LogP) is 4.34. The molecule has 0 aliphatic heterocycles. The van der Waals surface area contributed by atoms with Crippen molar-refractivity contribution in [2.75, 3.05) is 7.11 Å². The van der Waals surface area contributed by atoms with E-state index >= 15 is 0 Å². The molecule has 1 radical (unpaired) electrons. The monoisotopic (exact) mass is 703 g/mol. The SMILES string of the molecule is CB(O)O.CO[B]O.[CH2-]C.[CH2-]CC(=O)c1cc[n+](Cc2ccccc2)cc1.[CH2-]CC(C)=O.[Y+3].c1ccc(C[n+]2ccccc2)cc1. The number of hydrogen-bond acceptors (Lipinski definition) is 6. The number of Topliss-reactive ketones (excluding diaryl/α,β-unsaturated/α-hetero) is 2. The van der Waals surface area contributed by atoms with Crippen molar-refractivity contribution in [1.29, 1.82) is 0 Å². The molecule has 0 saturated heterocycles. The molecule has 0 aliphatic carbocycles. The van der Waals surface area contributed by atoms with Crippen molar-refractivity contribution in [2.45, 2.75) is 46.6 Å². The van der Waals surface area contributed by atoms with Crippen LogP contribution in [0, 0.1) is 20.8 Å². The Bertz CT molecular complexity index is 1200. The molecule has 0 saturated carbocycles. The van der Waals surface area contributed by atoms with Gasteiger partial charge in [-0.05, 0) is 13.7 Å². The summed E-state index contributed by atoms with van der Waals surface area (Å²) in [4.78, 5) is 21.2. The Balaban J connectivity index is -0.000000562. The van der Waals surface area contributed by atoms with Crippen LogP contribution in [0.25, 0.3) is 0 Å². The molecule has 241 valence electrons. The molecule has 2 heterocycles. The van der Waals surface area contributed by atoms with Gasteiger partial charge in [0.2, 0.25) is 0 Å². The smallest absolute Gasteiger partial charge is 0.429 e. The molecule has 0 unspecified atom stereocenters. The molecule has 4 rings (SSSR count). The number of rotatable bonds is 8. The zero-order valence-electron chi connectivity index (χ0n) is 27.6. The van der Waals surface area contributed by atoms with Gasteiger partial charge in [0.05, 0.1) is 5.78 Å². The van der Waals surface area contributed by atoms with Gasteiger partial charge in [-0.2, -0.15) is 6.92 Å². The van der Waals surface area contributed by atoms with Crippen LogP contribution < -0.4 is 9.13 Å². The molecule has 4 aromatic rings. The Hall–Kier alpha value is -2.85. The summed E-state index contributed by atoms with van der Waals surface area (Å²) in [6.07, 6.45) is 8.73. The number of nitrogens with zero attached hydrogens (tertiary/aromatic N) is 2. The summed E-state index contributed by atoms with van der Waals surface area (Å²) in [5.74, 6) is 0.224. The molecule has 8 nitrogen and oxygen atoms in total. The van der Waals surface area contributed by atoms with Gasteiger partial charge in [-0.15, -0.1) is 12.8 Å². The summed E-state index contributed by atoms with van der Waals surface area (Å²) in [5, 5.41) is 22.8. The molecule has 11 heteroatoms. The standard InChI is InChI=1S/C15H15NO.C12H12N.C4H7O.C2H5.CH4BO2.CH5BO2.Y/c1-2-15(17)14-8-10-16(11-9-14)12-13-6-4-3-5-7-13;1-3-7-12(8-4-1)11-13-9-5-2-6-10-13;1-3-4(2)5;1-2;1-4-2-3;1-2(3)4;/h3-11H,1-2,12H2;1-10H,11H2;1,3H2,2H3;1H2,2H3;3H,1H3;3-4H,1H3;/q;+1;2*-1;;;+3. The third-order valence-corrected chi connectivity index (χ3v) is 5.09. The topological polar surface area (TPSA) is 112 Å². The summed E-state index contributed by atoms with van der Waals surface area (Å²) in [6.45, 7) is 16.5. The van der Waals surface area contributed by atoms with Crippen LogP contribution in [0.5, 0.6) is 0 Å². The van der Waals surface area contributed by atoms with E-state index in [0.29, 0.717) is 20.5 Å². The van der Waals surface area contributed by atoms with E-state index in [-0.39, 0.29) is 44.3 Å². The summed E-state index contributed by atoms with van der Waals surface area (Å²) in [5.41, 5.74) is 3.30. The van der Waals surface area contributed by atoms with Gasteiger partial charge >= 0.3 is 47.5 Å². The number of pyridine rings is 2. The van der Waals surface area contributed by atoms with Crippen LogP contribution in [-0.2, 0) is 55.2 Å². The van der Waals surface area contributed by atoms with E-state index in [1.807, 2.05) is 67.0 Å². The van der Waals surface area contributed by atoms with Gasteiger partial charge in [0.1, 0.15) is 5.78 Å². The quantitative estimate of drug-likeness (QED) is 0.109. The maximum absolute atomic E-state index is 11.4. The first-order chi connectivity index (χ1) is 21.7. The average molecular weight is 703 g/mol. The Morgan fingerprint density at radius 3 is 1.37 bits per heavy atom. The Labute approximate surface area is 302 Å². The minimum atomic E-state index is -1.17. The number of hydrogen-bond donors (Lipinski definition) is 3. The van der Waals surface area contributed by atoms with Crippen molar-refractivity contribution in [3.8, 4) is 0 Å². The van der Waals surface area contributed by atoms with Gasteiger partial charge in [0.15, 0.2) is 37.9 Å². The molecule has 0 fully saturated rings. The van der Waals surface area contributed by atoms with Gasteiger partial charge in [-0.25, -0.2) is 9.13 Å². The van der Waals surface area contributed by atoms with E-state index in [1.165, 1.54) is 32.0 Å². The van der Waals surface area contributed by atoms with E-state index in [2.05, 4.69) is 83.4 Å². The summed E-state index contributed by atoms with van der Waals surface area (Å²) >= 11 is 0. The van der Waals surface area contributed by atoms with Crippen LogP contribution in [0.2, 0.25) is 6.82 Å². The molecule has 3 N–H and O–H groups in total. The molecule has 0 atom stereocenters. The minimum absolute atomic E-state index is 0. The fraction of sp³-hybridized carbons (Fsp3) is 0.229. The van der Waals surface area contributed by atoms with Crippen molar-refractivity contribution in [3.05, 3.63) is 153 Å². The van der Waals surface area contributed by atoms with E-state index in [1.54, 1.807) is 6.92 Å². The van der Waals surface area contributed by atoms with Gasteiger partial charge in [-0.1, -0.05) is 66.7 Å². The first-order valence-corrected chi connectivity index (χ1v) is 14.3. The van der Waals surface area contributed by atoms with Crippen LogP contribution in [0.4, 0.5) is 0 Å². The first kappa shape index (κ1) is 47.6. The maximum atomic E-state index is 11.4. The second-order valence-corrected chi connectivity index (χ2v) is 8.88. The van der Waals surface area contributed by atoms with Crippen molar-refractivity contribution in [1.82, 2.24) is 0 Å². The number of carbonyl (C=O) groups excluding carboxylic acids is 2. The van der Waals surface area contributed by atoms with Crippen molar-refractivity contribution >= 4 is 26.4 Å². The maximum Gasteiger partial charge on any atom is 3.00 e. The minimum Gasteiger partial charge on any atom is -0.429 e. The normalized spacial score (nSPS) is 8.65. The Morgan fingerprint density at radius 1 is 0.739 bits per heavy atom. The van der Waals surface area contributed by atoms with Crippen LogP contribution in [0.15, 0.2) is 116 Å². The molecular formula is C35H48B2N2O6Y+2. The van der Waals surface area contributed by atoms with Gasteiger partial charge < -0.3 is 45.3 Å². The fourth-order valence-electron chi connectivity index (χ4n) is 3.02. The average Bonchev–Trinajstić information content (AvgIpc) is 3.07. The molecule has 2 aromatic heterocycles. The zero-order valence-corrected chi connectivity index (χ0v) is 30.5. The largest absolute Gasteiger partial charge is 3.00 e. The van der Waals surface area contributed by atoms with Crippen molar-refractivity contribution < 1.29 is 71.2 Å². The molecule has 0 aliphatic rings. The summed E-state index contributed by atoms with van der Waals surface area (Å²) in [6, 6.07) is 30.5. The van der Waals surface area contributed by atoms with Crippen molar-refractivity contribution in [3.63, 3.8) is 0 Å². The van der Waals surface area contributed by atoms with Crippen LogP contribution in [-0.4, -0.2) is 48.6 Å². The first-order valence-electron chi connectivity index (χ1n) is 14.3. The van der Waals surface area contributed by atoms with E-state index in [0.717, 1.165) is 18.7 Å². The van der Waals surface area contributed by atoms with Crippen LogP contribution >= 0.6 is 0 Å². The Kier molecular flexibility index (Phi) is 34.7. The third kappa shape index (κ3) is 28.6. The van der Waals surface area contributed by atoms with Gasteiger partial charge in [0.25, 0.3) is 0 Å². The predicted molar refractivity (Wildman–Crippen MR) is 181 cm³/mol.